The maximum absolute atomic E-state index is 11.6. The summed E-state index contributed by atoms with van der Waals surface area (Å²) in [4.78, 5) is 23.1. The van der Waals surface area contributed by atoms with E-state index in [-0.39, 0.29) is 23.5 Å². The van der Waals surface area contributed by atoms with Gasteiger partial charge in [-0.25, -0.2) is 0 Å². The van der Waals surface area contributed by atoms with E-state index in [1.54, 1.807) is 18.2 Å². The average molecular weight is 302 g/mol. The van der Waals surface area contributed by atoms with Crippen LogP contribution >= 0.6 is 23.2 Å². The van der Waals surface area contributed by atoms with E-state index in [2.05, 4.69) is 5.32 Å². The van der Waals surface area contributed by atoms with E-state index in [9.17, 15) is 9.59 Å². The molecule has 2 atom stereocenters. The molecule has 0 radical (unpaired) electrons. The maximum Gasteiger partial charge on any atom is 0.309 e. The highest BCUT2D eigenvalue weighted by Crippen LogP contribution is 2.38. The molecule has 0 heterocycles. The second-order valence-corrected chi connectivity index (χ2v) is 5.36. The standard InChI is InChI=1S/C13H13Cl2NO3/c1-7-5-8(7)13(18)19-6-11(17)16-10-4-2-3-9(14)12(10)15/h2-4,7-8H,5-6H2,1H3,(H,16,17)/t7-,8+/m1/s1. The Bertz CT molecular complexity index is 519. The molecule has 0 spiro atoms. The zero-order chi connectivity index (χ0) is 14.0. The predicted octanol–water partition coefficient (Wildman–Crippen LogP) is 3.13. The fourth-order valence-electron chi connectivity index (χ4n) is 1.68. The number of anilines is 1. The normalized spacial score (nSPS) is 20.8. The Labute approximate surface area is 121 Å². The minimum Gasteiger partial charge on any atom is -0.455 e. The van der Waals surface area contributed by atoms with Crippen molar-refractivity contribution in [1.82, 2.24) is 0 Å². The number of nitrogens with one attached hydrogen (secondary N) is 1. The van der Waals surface area contributed by atoms with Crippen molar-refractivity contribution in [2.75, 3.05) is 11.9 Å². The number of rotatable bonds is 4. The summed E-state index contributed by atoms with van der Waals surface area (Å²) in [5.74, 6) is -0.453. The number of benzene rings is 1. The molecule has 102 valence electrons. The Morgan fingerprint density at radius 3 is 2.74 bits per heavy atom. The molecule has 0 bridgehead atoms. The number of amides is 1. The number of hydrogen-bond donors (Lipinski definition) is 1. The van der Waals surface area contributed by atoms with E-state index in [1.165, 1.54) is 0 Å². The summed E-state index contributed by atoms with van der Waals surface area (Å²) in [6.45, 7) is 1.66. The Kier molecular flexibility index (Phi) is 4.32. The van der Waals surface area contributed by atoms with Gasteiger partial charge in [0.1, 0.15) is 0 Å². The molecule has 1 amide bonds. The van der Waals surface area contributed by atoms with Crippen LogP contribution in [0.25, 0.3) is 0 Å². The van der Waals surface area contributed by atoms with Crippen LogP contribution in [0.4, 0.5) is 5.69 Å². The molecule has 0 saturated heterocycles. The molecule has 1 saturated carbocycles. The SMILES string of the molecule is C[C@@H]1C[C@@H]1C(=O)OCC(=O)Nc1cccc(Cl)c1Cl. The number of esters is 1. The molecule has 0 unspecified atom stereocenters. The van der Waals surface area contributed by atoms with Gasteiger partial charge in [-0.3, -0.25) is 9.59 Å². The van der Waals surface area contributed by atoms with Crippen LogP contribution in [0.1, 0.15) is 13.3 Å². The highest BCUT2D eigenvalue weighted by atomic mass is 35.5. The molecule has 0 aliphatic heterocycles. The molecule has 1 aliphatic carbocycles. The second kappa shape index (κ2) is 5.80. The number of hydrogen-bond acceptors (Lipinski definition) is 3. The first-order chi connectivity index (χ1) is 8.99. The van der Waals surface area contributed by atoms with E-state index >= 15 is 0 Å². The topological polar surface area (TPSA) is 55.4 Å². The van der Waals surface area contributed by atoms with Gasteiger partial charge in [0.15, 0.2) is 6.61 Å². The molecule has 6 heteroatoms. The van der Waals surface area contributed by atoms with Crippen LogP contribution in [0.2, 0.25) is 10.0 Å². The highest BCUT2D eigenvalue weighted by Gasteiger charge is 2.40. The molecule has 1 aromatic carbocycles. The van der Waals surface area contributed by atoms with Crippen molar-refractivity contribution in [1.29, 1.82) is 0 Å². The van der Waals surface area contributed by atoms with Crippen molar-refractivity contribution >= 4 is 40.8 Å². The summed E-state index contributed by atoms with van der Waals surface area (Å²) in [7, 11) is 0. The monoisotopic (exact) mass is 301 g/mol. The first-order valence-corrected chi connectivity index (χ1v) is 6.65. The third-order valence-corrected chi connectivity index (χ3v) is 3.80. The van der Waals surface area contributed by atoms with Gasteiger partial charge in [0, 0.05) is 0 Å². The molecule has 1 fully saturated rings. The van der Waals surface area contributed by atoms with Crippen molar-refractivity contribution in [3.8, 4) is 0 Å². The quantitative estimate of drug-likeness (QED) is 0.869. The van der Waals surface area contributed by atoms with Crippen molar-refractivity contribution in [2.45, 2.75) is 13.3 Å². The molecule has 1 aliphatic rings. The van der Waals surface area contributed by atoms with Gasteiger partial charge in [-0.15, -0.1) is 0 Å². The molecular weight excluding hydrogens is 289 g/mol. The lowest BCUT2D eigenvalue weighted by Gasteiger charge is -2.08. The Balaban J connectivity index is 1.84. The largest absolute Gasteiger partial charge is 0.455 e. The molecule has 0 aromatic heterocycles. The van der Waals surface area contributed by atoms with Gasteiger partial charge in [-0.1, -0.05) is 36.2 Å². The van der Waals surface area contributed by atoms with Gasteiger partial charge in [0.2, 0.25) is 0 Å². The van der Waals surface area contributed by atoms with Crippen LogP contribution in [0.3, 0.4) is 0 Å². The Morgan fingerprint density at radius 2 is 2.11 bits per heavy atom. The summed E-state index contributed by atoms with van der Waals surface area (Å²) in [6.07, 6.45) is 0.834. The summed E-state index contributed by atoms with van der Waals surface area (Å²) >= 11 is 11.7. The van der Waals surface area contributed by atoms with Gasteiger partial charge in [-0.05, 0) is 24.5 Å². The number of carbonyl (C=O) groups is 2. The molecule has 4 nitrogen and oxygen atoms in total. The summed E-state index contributed by atoms with van der Waals surface area (Å²) in [6, 6.07) is 4.91. The van der Waals surface area contributed by atoms with E-state index in [0.29, 0.717) is 16.6 Å². The average Bonchev–Trinajstić information content (AvgIpc) is 3.09. The van der Waals surface area contributed by atoms with E-state index < -0.39 is 5.91 Å². The zero-order valence-corrected chi connectivity index (χ0v) is 11.8. The minimum absolute atomic E-state index is 0.0532. The molecular formula is C13H13Cl2NO3. The van der Waals surface area contributed by atoms with Crippen molar-refractivity contribution in [3.63, 3.8) is 0 Å². The van der Waals surface area contributed by atoms with Crippen molar-refractivity contribution in [3.05, 3.63) is 28.2 Å². The number of halogens is 2. The predicted molar refractivity (Wildman–Crippen MR) is 73.3 cm³/mol. The lowest BCUT2D eigenvalue weighted by Crippen LogP contribution is -2.21. The van der Waals surface area contributed by atoms with Crippen LogP contribution in [0.5, 0.6) is 0 Å². The molecule has 1 N–H and O–H groups in total. The number of carbonyl (C=O) groups excluding carboxylic acids is 2. The summed E-state index contributed by atoms with van der Waals surface area (Å²) < 4.78 is 4.91. The van der Waals surface area contributed by atoms with Crippen molar-refractivity contribution in [2.24, 2.45) is 11.8 Å². The first kappa shape index (κ1) is 14.2. The van der Waals surface area contributed by atoms with Crippen LogP contribution in [0, 0.1) is 11.8 Å². The third-order valence-electron chi connectivity index (χ3n) is 2.98. The fraction of sp³-hybridized carbons (Fsp3) is 0.385. The number of ether oxygens (including phenoxy) is 1. The lowest BCUT2D eigenvalue weighted by atomic mass is 10.3. The van der Waals surface area contributed by atoms with E-state index in [0.717, 1.165) is 6.42 Å². The zero-order valence-electron chi connectivity index (χ0n) is 10.3. The fourth-order valence-corrected chi connectivity index (χ4v) is 2.03. The Hall–Kier alpha value is -1.26. The second-order valence-electron chi connectivity index (χ2n) is 4.58. The lowest BCUT2D eigenvalue weighted by molar-refractivity contribution is -0.148. The minimum atomic E-state index is -0.439. The summed E-state index contributed by atoms with van der Waals surface area (Å²) in [5.41, 5.74) is 0.398. The highest BCUT2D eigenvalue weighted by molar-refractivity contribution is 6.43. The molecule has 1 aromatic rings. The smallest absolute Gasteiger partial charge is 0.309 e. The summed E-state index contributed by atoms with van der Waals surface area (Å²) in [5, 5.41) is 3.16. The van der Waals surface area contributed by atoms with E-state index in [4.69, 9.17) is 27.9 Å². The maximum atomic E-state index is 11.6. The van der Waals surface area contributed by atoms with E-state index in [1.807, 2.05) is 6.92 Å². The van der Waals surface area contributed by atoms with Gasteiger partial charge in [-0.2, -0.15) is 0 Å². The van der Waals surface area contributed by atoms with Crippen LogP contribution in [-0.4, -0.2) is 18.5 Å². The van der Waals surface area contributed by atoms with Crippen molar-refractivity contribution < 1.29 is 14.3 Å². The molecule has 2 rings (SSSR count). The van der Waals surface area contributed by atoms with Gasteiger partial charge < -0.3 is 10.1 Å². The van der Waals surface area contributed by atoms with Gasteiger partial charge >= 0.3 is 5.97 Å². The molecule has 19 heavy (non-hydrogen) atoms. The van der Waals surface area contributed by atoms with Gasteiger partial charge in [0.25, 0.3) is 5.91 Å². The van der Waals surface area contributed by atoms with Crippen LogP contribution in [-0.2, 0) is 14.3 Å². The van der Waals surface area contributed by atoms with Crippen LogP contribution < -0.4 is 5.32 Å². The first-order valence-electron chi connectivity index (χ1n) is 5.89. The van der Waals surface area contributed by atoms with Gasteiger partial charge in [0.05, 0.1) is 21.7 Å². The van der Waals surface area contributed by atoms with Crippen LogP contribution in [0.15, 0.2) is 18.2 Å². The third kappa shape index (κ3) is 3.61. The Morgan fingerprint density at radius 1 is 1.42 bits per heavy atom.